The van der Waals surface area contributed by atoms with Crippen molar-refractivity contribution < 1.29 is 24.5 Å². The summed E-state index contributed by atoms with van der Waals surface area (Å²) in [5, 5.41) is 21.5. The lowest BCUT2D eigenvalue weighted by Gasteiger charge is -2.32. The van der Waals surface area contributed by atoms with Gasteiger partial charge in [0.15, 0.2) is 11.5 Å². The summed E-state index contributed by atoms with van der Waals surface area (Å²) in [5.74, 6) is -0.0165. The van der Waals surface area contributed by atoms with Crippen LogP contribution in [0.4, 0.5) is 5.69 Å². The van der Waals surface area contributed by atoms with Gasteiger partial charge in [0.05, 0.1) is 23.8 Å². The van der Waals surface area contributed by atoms with Crippen LogP contribution in [0.2, 0.25) is 0 Å². The van der Waals surface area contributed by atoms with Crippen LogP contribution < -0.4 is 10.5 Å². The zero-order valence-corrected chi connectivity index (χ0v) is 19.0. The Kier molecular flexibility index (Phi) is 7.05. The maximum Gasteiger partial charge on any atom is 0.344 e. The smallest absolute Gasteiger partial charge is 0.344 e. The number of nitrogens with zero attached hydrogens (tertiary/aromatic N) is 1. The molecule has 0 saturated heterocycles. The number of ether oxygens (including phenoxy) is 2. The molecule has 0 spiro atoms. The zero-order valence-electron chi connectivity index (χ0n) is 18.2. The molecule has 0 radical (unpaired) electrons. The van der Waals surface area contributed by atoms with Crippen LogP contribution in [0.1, 0.15) is 25.3 Å². The van der Waals surface area contributed by atoms with Gasteiger partial charge in [0.25, 0.3) is 0 Å². The number of rotatable bonds is 7. The van der Waals surface area contributed by atoms with E-state index < -0.39 is 5.97 Å². The van der Waals surface area contributed by atoms with Crippen molar-refractivity contribution in [2.45, 2.75) is 25.8 Å². The van der Waals surface area contributed by atoms with E-state index in [0.717, 1.165) is 12.8 Å². The molecule has 0 unspecified atom stereocenters. The van der Waals surface area contributed by atoms with E-state index in [2.05, 4.69) is 4.99 Å². The zero-order chi connectivity index (χ0) is 23.4. The Bertz CT molecular complexity index is 1120. The van der Waals surface area contributed by atoms with E-state index in [4.69, 9.17) is 15.2 Å². The minimum absolute atomic E-state index is 0.00299. The highest BCUT2D eigenvalue weighted by Crippen LogP contribution is 2.41. The number of aliphatic imine (C=N–C) groups is 1. The first-order chi connectivity index (χ1) is 15.9. The molecule has 2 aromatic carbocycles. The number of nitrogens with two attached hydrogens (primary N) is 1. The third-order valence-electron chi connectivity index (χ3n) is 5.38. The molecule has 7 nitrogen and oxygen atoms in total. The van der Waals surface area contributed by atoms with Crippen LogP contribution in [0, 0.1) is 5.92 Å². The number of carbonyl (C=O) groups is 1. The van der Waals surface area contributed by atoms with Gasteiger partial charge < -0.3 is 25.4 Å². The number of hydrogen-bond acceptors (Lipinski definition) is 8. The van der Waals surface area contributed by atoms with Crippen molar-refractivity contribution in [1.82, 2.24) is 0 Å². The van der Waals surface area contributed by atoms with Gasteiger partial charge in [0.1, 0.15) is 16.4 Å². The summed E-state index contributed by atoms with van der Waals surface area (Å²) in [7, 11) is 0. The van der Waals surface area contributed by atoms with Gasteiger partial charge in [-0.05, 0) is 61.6 Å². The second kappa shape index (κ2) is 10.1. The molecule has 172 valence electrons. The van der Waals surface area contributed by atoms with Crippen LogP contribution in [0.5, 0.6) is 11.5 Å². The Hall–Kier alpha value is -3.23. The van der Waals surface area contributed by atoms with Crippen molar-refractivity contribution in [3.8, 4) is 11.5 Å². The number of benzene rings is 2. The number of aliphatic hydroxyl groups excluding tert-OH is 1. The van der Waals surface area contributed by atoms with Crippen molar-refractivity contribution in [3.63, 3.8) is 0 Å². The Balaban J connectivity index is 1.57. The third kappa shape index (κ3) is 5.40. The second-order valence-corrected chi connectivity index (χ2v) is 8.97. The second-order valence-electron chi connectivity index (χ2n) is 7.94. The molecule has 1 saturated carbocycles. The van der Waals surface area contributed by atoms with Crippen LogP contribution >= 0.6 is 11.8 Å². The van der Waals surface area contributed by atoms with E-state index in [-0.39, 0.29) is 29.7 Å². The number of aromatic hydroxyl groups is 1. The van der Waals surface area contributed by atoms with Crippen molar-refractivity contribution in [3.05, 3.63) is 70.3 Å². The molecule has 8 heteroatoms. The first kappa shape index (κ1) is 22.9. The highest BCUT2D eigenvalue weighted by atomic mass is 32.2. The van der Waals surface area contributed by atoms with E-state index in [0.29, 0.717) is 39.5 Å². The van der Waals surface area contributed by atoms with E-state index in [1.165, 1.54) is 11.8 Å². The van der Waals surface area contributed by atoms with E-state index in [1.807, 2.05) is 30.3 Å². The number of carbonyl (C=O) groups excluding carboxylic acids is 1. The Labute approximate surface area is 196 Å². The van der Waals surface area contributed by atoms with Gasteiger partial charge in [-0.1, -0.05) is 36.0 Å². The molecular formula is C25H26N2O5S. The molecule has 1 heterocycles. The summed E-state index contributed by atoms with van der Waals surface area (Å²) in [6, 6.07) is 14.4. The van der Waals surface area contributed by atoms with Gasteiger partial charge in [-0.25, -0.2) is 9.79 Å². The van der Waals surface area contributed by atoms with E-state index in [9.17, 15) is 15.0 Å². The minimum Gasteiger partial charge on any atom is -0.506 e. The molecule has 0 aromatic heterocycles. The monoisotopic (exact) mass is 466 g/mol. The lowest BCUT2D eigenvalue weighted by atomic mass is 9.82. The average molecular weight is 467 g/mol. The molecule has 4 rings (SSSR count). The molecule has 0 amide bonds. The van der Waals surface area contributed by atoms with Crippen LogP contribution in [0.3, 0.4) is 0 Å². The Morgan fingerprint density at radius 3 is 2.64 bits per heavy atom. The summed E-state index contributed by atoms with van der Waals surface area (Å²) >= 11 is 1.17. The minimum atomic E-state index is -0.636. The van der Waals surface area contributed by atoms with Crippen molar-refractivity contribution >= 4 is 34.5 Å². The Morgan fingerprint density at radius 2 is 1.97 bits per heavy atom. The summed E-state index contributed by atoms with van der Waals surface area (Å²) in [6.45, 7) is 2.40. The fourth-order valence-corrected chi connectivity index (χ4v) is 4.68. The summed E-state index contributed by atoms with van der Waals surface area (Å²) < 4.78 is 10.8. The van der Waals surface area contributed by atoms with Crippen LogP contribution in [0.15, 0.2) is 69.8 Å². The molecule has 0 bridgehead atoms. The summed E-state index contributed by atoms with van der Waals surface area (Å²) in [5.41, 5.74) is 7.12. The number of esters is 1. The molecule has 33 heavy (non-hydrogen) atoms. The van der Waals surface area contributed by atoms with Gasteiger partial charge in [-0.15, -0.1) is 0 Å². The first-order valence-electron chi connectivity index (χ1n) is 10.8. The highest BCUT2D eigenvalue weighted by Gasteiger charge is 2.33. The molecular weight excluding hydrogens is 440 g/mol. The number of phenolic OH excluding ortho intramolecular Hbond substituents is 1. The molecule has 4 N–H and O–H groups in total. The maximum atomic E-state index is 12.5. The number of thioether (sulfide) groups is 1. The topological polar surface area (TPSA) is 114 Å². The van der Waals surface area contributed by atoms with Crippen molar-refractivity contribution in [2.75, 3.05) is 13.2 Å². The SMILES string of the molecule is CCOC(=O)C1=C(O)/C(=C/c2ccc(OCC3CC(N)C3)c(O)c2)SC1=Nc1ccccc1. The lowest BCUT2D eigenvalue weighted by Crippen LogP contribution is -2.39. The standard InChI is InChI=1S/C25H26N2O5S/c1-2-31-25(30)22-23(29)21(33-24(22)27-18-6-4-3-5-7-18)13-15-8-9-20(19(28)12-15)32-14-16-10-17(26)11-16/h3-9,12-13,16-17,28-29H,2,10-11,14,26H2,1H3/b21-13-,27-24?. The van der Waals surface area contributed by atoms with Gasteiger partial charge in [0.2, 0.25) is 0 Å². The number of hydrogen-bond donors (Lipinski definition) is 3. The normalized spacial score (nSPS) is 22.5. The quantitative estimate of drug-likeness (QED) is 0.507. The largest absolute Gasteiger partial charge is 0.506 e. The van der Waals surface area contributed by atoms with Gasteiger partial charge >= 0.3 is 5.97 Å². The fraction of sp³-hybridized carbons (Fsp3) is 0.280. The highest BCUT2D eigenvalue weighted by molar-refractivity contribution is 8.18. The van der Waals surface area contributed by atoms with Gasteiger partial charge in [-0.2, -0.15) is 0 Å². The van der Waals surface area contributed by atoms with Gasteiger partial charge in [-0.3, -0.25) is 0 Å². The Morgan fingerprint density at radius 1 is 1.21 bits per heavy atom. The molecule has 2 aliphatic rings. The predicted octanol–water partition coefficient (Wildman–Crippen LogP) is 4.70. The predicted molar refractivity (Wildman–Crippen MR) is 130 cm³/mol. The molecule has 1 aliphatic carbocycles. The van der Waals surface area contributed by atoms with Crippen molar-refractivity contribution in [2.24, 2.45) is 16.6 Å². The molecule has 1 aliphatic heterocycles. The van der Waals surface area contributed by atoms with Gasteiger partial charge in [0, 0.05) is 6.04 Å². The summed E-state index contributed by atoms with van der Waals surface area (Å²) in [6.07, 6.45) is 3.55. The molecule has 2 aromatic rings. The van der Waals surface area contributed by atoms with E-state index in [1.54, 1.807) is 31.2 Å². The maximum absolute atomic E-state index is 12.5. The van der Waals surface area contributed by atoms with Crippen LogP contribution in [0.25, 0.3) is 6.08 Å². The first-order valence-corrected chi connectivity index (χ1v) is 11.6. The molecule has 0 atom stereocenters. The lowest BCUT2D eigenvalue weighted by molar-refractivity contribution is -0.138. The summed E-state index contributed by atoms with van der Waals surface area (Å²) in [4.78, 5) is 17.5. The average Bonchev–Trinajstić information content (AvgIpc) is 3.07. The van der Waals surface area contributed by atoms with E-state index >= 15 is 0 Å². The number of aliphatic hydroxyl groups is 1. The van der Waals surface area contributed by atoms with Crippen LogP contribution in [-0.2, 0) is 9.53 Å². The third-order valence-corrected chi connectivity index (χ3v) is 6.40. The number of phenols is 1. The fourth-order valence-electron chi connectivity index (χ4n) is 3.64. The molecule has 1 fully saturated rings. The van der Waals surface area contributed by atoms with Crippen molar-refractivity contribution in [1.29, 1.82) is 0 Å². The number of para-hydroxylation sites is 1. The van der Waals surface area contributed by atoms with Crippen LogP contribution in [-0.4, -0.2) is 40.5 Å².